The Kier molecular flexibility index (Phi) is 6.80. The molecule has 4 nitrogen and oxygen atoms in total. The van der Waals surface area contributed by atoms with Crippen molar-refractivity contribution in [3.8, 4) is 67.5 Å². The summed E-state index contributed by atoms with van der Waals surface area (Å²) in [6, 6.07) is 57.2. The maximum atomic E-state index is 6.50. The van der Waals surface area contributed by atoms with Gasteiger partial charge >= 0.3 is 0 Å². The van der Waals surface area contributed by atoms with Crippen LogP contribution in [-0.2, 0) is 5.41 Å². The Bertz CT molecular complexity index is 2760. The fourth-order valence-corrected chi connectivity index (χ4v) is 8.15. The van der Waals surface area contributed by atoms with Crippen molar-refractivity contribution >= 4 is 21.9 Å². The Morgan fingerprint density at radius 1 is 0.404 bits per heavy atom. The summed E-state index contributed by atoms with van der Waals surface area (Å²) < 4.78 is 6.50. The van der Waals surface area contributed by atoms with Gasteiger partial charge in [-0.25, -0.2) is 15.0 Å². The third kappa shape index (κ3) is 4.72. The number of hydrogen-bond acceptors (Lipinski definition) is 4. The predicted molar refractivity (Wildman–Crippen MR) is 212 cm³/mol. The predicted octanol–water partition coefficient (Wildman–Crippen LogP) is 12.4. The highest BCUT2D eigenvalue weighted by molar-refractivity contribution is 6.13. The lowest BCUT2D eigenvalue weighted by Crippen LogP contribution is -2.16. The molecule has 7 aromatic carbocycles. The molecule has 1 aliphatic rings. The zero-order valence-corrected chi connectivity index (χ0v) is 28.8. The lowest BCUT2D eigenvalue weighted by molar-refractivity contribution is 0.662. The molecule has 0 saturated carbocycles. The summed E-state index contributed by atoms with van der Waals surface area (Å²) in [6.45, 7) is 4.70. The Balaban J connectivity index is 1.17. The molecule has 0 amide bonds. The second-order valence-corrected chi connectivity index (χ2v) is 14.0. The monoisotopic (exact) mass is 667 g/mol. The first kappa shape index (κ1) is 30.2. The molecule has 246 valence electrons. The van der Waals surface area contributed by atoms with Crippen molar-refractivity contribution in [3.05, 3.63) is 175 Å². The Labute approximate surface area is 302 Å². The van der Waals surface area contributed by atoms with Gasteiger partial charge in [-0.1, -0.05) is 159 Å². The minimum absolute atomic E-state index is 0.128. The molecule has 0 unspecified atom stereocenters. The van der Waals surface area contributed by atoms with Crippen LogP contribution in [0.3, 0.4) is 0 Å². The first-order valence-electron chi connectivity index (χ1n) is 17.7. The number of benzene rings is 7. The highest BCUT2D eigenvalue weighted by atomic mass is 16.3. The third-order valence-electron chi connectivity index (χ3n) is 10.5. The molecule has 52 heavy (non-hydrogen) atoms. The summed E-state index contributed by atoms with van der Waals surface area (Å²) >= 11 is 0. The minimum atomic E-state index is -0.128. The SMILES string of the molecule is CC1(C)c2ccccc2-c2cccc(-c3ccccc3-c3ccc4oc5cccc(-c6nc(-c7ccccc7)nc(-c7ccccc7)n6)c5c4c3)c21. The van der Waals surface area contributed by atoms with Crippen LogP contribution < -0.4 is 0 Å². The summed E-state index contributed by atoms with van der Waals surface area (Å²) in [5, 5.41) is 2.00. The fourth-order valence-electron chi connectivity index (χ4n) is 8.15. The molecule has 4 heteroatoms. The molecule has 2 heterocycles. The van der Waals surface area contributed by atoms with Crippen LogP contribution in [0.4, 0.5) is 0 Å². The van der Waals surface area contributed by atoms with Crippen LogP contribution in [0.2, 0.25) is 0 Å². The van der Waals surface area contributed by atoms with Crippen molar-refractivity contribution in [1.82, 2.24) is 15.0 Å². The summed E-state index contributed by atoms with van der Waals surface area (Å²) in [4.78, 5) is 15.1. The first-order chi connectivity index (χ1) is 25.5. The second kappa shape index (κ2) is 11.7. The van der Waals surface area contributed by atoms with Crippen molar-refractivity contribution in [3.63, 3.8) is 0 Å². The molecule has 0 fully saturated rings. The lowest BCUT2D eigenvalue weighted by Gasteiger charge is -2.25. The second-order valence-electron chi connectivity index (χ2n) is 14.0. The van der Waals surface area contributed by atoms with E-state index < -0.39 is 0 Å². The van der Waals surface area contributed by atoms with Crippen molar-refractivity contribution in [2.45, 2.75) is 19.3 Å². The zero-order valence-electron chi connectivity index (χ0n) is 28.8. The molecule has 0 aliphatic heterocycles. The Morgan fingerprint density at radius 2 is 0.942 bits per heavy atom. The summed E-state index contributed by atoms with van der Waals surface area (Å²) in [5.41, 5.74) is 14.4. The maximum absolute atomic E-state index is 6.50. The van der Waals surface area contributed by atoms with E-state index in [0.717, 1.165) is 44.2 Å². The highest BCUT2D eigenvalue weighted by Crippen LogP contribution is 2.53. The van der Waals surface area contributed by atoms with Crippen molar-refractivity contribution < 1.29 is 4.42 Å². The first-order valence-corrected chi connectivity index (χ1v) is 17.7. The van der Waals surface area contributed by atoms with Gasteiger partial charge in [0, 0.05) is 32.9 Å². The zero-order chi connectivity index (χ0) is 34.8. The number of hydrogen-bond donors (Lipinski definition) is 0. The quantitative estimate of drug-likeness (QED) is 0.183. The van der Waals surface area contributed by atoms with Gasteiger partial charge in [0.05, 0.1) is 0 Å². The van der Waals surface area contributed by atoms with E-state index in [4.69, 9.17) is 19.4 Å². The minimum Gasteiger partial charge on any atom is -0.456 e. The molecule has 0 bridgehead atoms. The van der Waals surface area contributed by atoms with Gasteiger partial charge in [-0.15, -0.1) is 0 Å². The number of nitrogens with zero attached hydrogens (tertiary/aromatic N) is 3. The molecule has 0 N–H and O–H groups in total. The summed E-state index contributed by atoms with van der Waals surface area (Å²) in [7, 11) is 0. The van der Waals surface area contributed by atoms with Crippen LogP contribution in [0.5, 0.6) is 0 Å². The molecule has 1 aliphatic carbocycles. The van der Waals surface area contributed by atoms with Gasteiger partial charge in [0.25, 0.3) is 0 Å². The Hall–Kier alpha value is -6.65. The number of rotatable bonds is 5. The van der Waals surface area contributed by atoms with Crippen LogP contribution in [0.25, 0.3) is 89.5 Å². The van der Waals surface area contributed by atoms with Gasteiger partial charge in [0.1, 0.15) is 11.2 Å². The van der Waals surface area contributed by atoms with Crippen LogP contribution >= 0.6 is 0 Å². The van der Waals surface area contributed by atoms with Crippen LogP contribution in [0, 0.1) is 0 Å². The molecule has 10 rings (SSSR count). The van der Waals surface area contributed by atoms with E-state index in [1.807, 2.05) is 72.8 Å². The van der Waals surface area contributed by atoms with E-state index in [-0.39, 0.29) is 5.41 Å². The van der Waals surface area contributed by atoms with Gasteiger partial charge in [-0.2, -0.15) is 0 Å². The topological polar surface area (TPSA) is 51.8 Å². The average Bonchev–Trinajstić information content (AvgIpc) is 3.70. The van der Waals surface area contributed by atoms with Crippen molar-refractivity contribution in [2.24, 2.45) is 0 Å². The molecular weight excluding hydrogens is 635 g/mol. The standard InChI is InChI=1S/C48H33N3O/c1-48(2)40-25-12-11-21-35(40)37-23-13-22-36(44(37)48)34-20-10-9-19-33(34)32-27-28-41-39(29-32)43-38(24-14-26-42(43)52-41)47-50-45(30-15-5-3-6-16-30)49-46(51-47)31-17-7-4-8-18-31/h3-29H,1-2H3. The van der Waals surface area contributed by atoms with E-state index >= 15 is 0 Å². The van der Waals surface area contributed by atoms with Gasteiger partial charge in [0.15, 0.2) is 17.5 Å². The van der Waals surface area contributed by atoms with Gasteiger partial charge in [-0.3, -0.25) is 0 Å². The van der Waals surface area contributed by atoms with Gasteiger partial charge in [0.2, 0.25) is 0 Å². The summed E-state index contributed by atoms with van der Waals surface area (Å²) in [6.07, 6.45) is 0. The summed E-state index contributed by atoms with van der Waals surface area (Å²) in [5.74, 6) is 1.86. The van der Waals surface area contributed by atoms with E-state index in [0.29, 0.717) is 17.5 Å². The maximum Gasteiger partial charge on any atom is 0.164 e. The molecule has 0 atom stereocenters. The number of fused-ring (bicyclic) bond motifs is 6. The van der Waals surface area contributed by atoms with E-state index in [2.05, 4.69) is 105 Å². The van der Waals surface area contributed by atoms with Crippen LogP contribution in [0.1, 0.15) is 25.0 Å². The van der Waals surface area contributed by atoms with Crippen LogP contribution in [0.15, 0.2) is 168 Å². The van der Waals surface area contributed by atoms with Crippen molar-refractivity contribution in [1.29, 1.82) is 0 Å². The van der Waals surface area contributed by atoms with Crippen molar-refractivity contribution in [2.75, 3.05) is 0 Å². The lowest BCUT2D eigenvalue weighted by atomic mass is 9.78. The highest BCUT2D eigenvalue weighted by Gasteiger charge is 2.37. The molecular formula is C48H33N3O. The molecule has 0 spiro atoms. The molecule has 2 aromatic heterocycles. The van der Waals surface area contributed by atoms with E-state index in [9.17, 15) is 0 Å². The Morgan fingerprint density at radius 3 is 1.65 bits per heavy atom. The molecule has 0 saturated heterocycles. The fraction of sp³-hybridized carbons (Fsp3) is 0.0625. The average molecular weight is 668 g/mol. The normalized spacial score (nSPS) is 13.0. The number of aromatic nitrogens is 3. The molecule has 9 aromatic rings. The number of furan rings is 1. The largest absolute Gasteiger partial charge is 0.456 e. The van der Waals surface area contributed by atoms with Gasteiger partial charge in [-0.05, 0) is 62.7 Å². The smallest absolute Gasteiger partial charge is 0.164 e. The third-order valence-corrected chi connectivity index (χ3v) is 10.5. The van der Waals surface area contributed by atoms with E-state index in [1.54, 1.807) is 0 Å². The molecule has 0 radical (unpaired) electrons. The van der Waals surface area contributed by atoms with E-state index in [1.165, 1.54) is 38.9 Å². The van der Waals surface area contributed by atoms with Crippen LogP contribution in [-0.4, -0.2) is 15.0 Å². The van der Waals surface area contributed by atoms with Gasteiger partial charge < -0.3 is 4.42 Å².